The van der Waals surface area contributed by atoms with E-state index < -0.39 is 0 Å². The first-order valence-corrected chi connectivity index (χ1v) is 12.0. The van der Waals surface area contributed by atoms with E-state index in [9.17, 15) is 9.59 Å². The number of piperidine rings is 1. The number of methoxy groups -OCH3 is 1. The highest BCUT2D eigenvalue weighted by molar-refractivity contribution is 7.13. The molecule has 1 saturated heterocycles. The van der Waals surface area contributed by atoms with Gasteiger partial charge in [0.25, 0.3) is 5.91 Å². The van der Waals surface area contributed by atoms with E-state index >= 15 is 0 Å². The van der Waals surface area contributed by atoms with Crippen LogP contribution < -0.4 is 10.1 Å². The van der Waals surface area contributed by atoms with Crippen LogP contribution in [0.3, 0.4) is 0 Å². The zero-order chi connectivity index (χ0) is 23.2. The summed E-state index contributed by atoms with van der Waals surface area (Å²) in [5.74, 6) is 0.818. The summed E-state index contributed by atoms with van der Waals surface area (Å²) in [4.78, 5) is 27.3. The molecule has 7 nitrogen and oxygen atoms in total. The van der Waals surface area contributed by atoms with E-state index in [1.165, 1.54) is 11.3 Å². The summed E-state index contributed by atoms with van der Waals surface area (Å²) in [5.41, 5.74) is 2.98. The van der Waals surface area contributed by atoms with Gasteiger partial charge in [0, 0.05) is 31.1 Å². The number of amides is 2. The van der Waals surface area contributed by atoms with Crippen LogP contribution in [0.1, 0.15) is 51.1 Å². The largest absolute Gasteiger partial charge is 0.497 e. The number of anilines is 1. The van der Waals surface area contributed by atoms with Crippen molar-refractivity contribution in [3.8, 4) is 5.75 Å². The number of nitrogens with zero attached hydrogens (tertiary/aromatic N) is 3. The SMILES string of the molecule is COc1ccc(CCC(=O)N2CCC[C@H](c3nnc(C(=O)Nc4ccc(C)cc4)s3)C2)cc1. The maximum absolute atomic E-state index is 12.8. The van der Waals surface area contributed by atoms with Crippen molar-refractivity contribution >= 4 is 28.8 Å². The van der Waals surface area contributed by atoms with Crippen LogP contribution in [0.25, 0.3) is 0 Å². The smallest absolute Gasteiger partial charge is 0.286 e. The van der Waals surface area contributed by atoms with Crippen molar-refractivity contribution < 1.29 is 14.3 Å². The fraction of sp³-hybridized carbons (Fsp3) is 0.360. The topological polar surface area (TPSA) is 84.4 Å². The molecule has 0 spiro atoms. The van der Waals surface area contributed by atoms with Crippen molar-refractivity contribution in [2.24, 2.45) is 0 Å². The zero-order valence-electron chi connectivity index (χ0n) is 18.9. The van der Waals surface area contributed by atoms with Crippen LogP contribution in [0.5, 0.6) is 5.75 Å². The second-order valence-electron chi connectivity index (χ2n) is 8.29. The third-order valence-corrected chi connectivity index (χ3v) is 6.94. The van der Waals surface area contributed by atoms with Gasteiger partial charge in [0.1, 0.15) is 10.8 Å². The molecule has 2 amide bonds. The molecule has 1 aliphatic heterocycles. The van der Waals surface area contributed by atoms with Crippen LogP contribution in [0.4, 0.5) is 5.69 Å². The summed E-state index contributed by atoms with van der Waals surface area (Å²) in [6, 6.07) is 15.5. The number of benzene rings is 2. The lowest BCUT2D eigenvalue weighted by molar-refractivity contribution is -0.132. The second kappa shape index (κ2) is 10.6. The average Bonchev–Trinajstić information content (AvgIpc) is 3.35. The summed E-state index contributed by atoms with van der Waals surface area (Å²) in [6.07, 6.45) is 3.03. The summed E-state index contributed by atoms with van der Waals surface area (Å²) >= 11 is 1.31. The first-order valence-electron chi connectivity index (χ1n) is 11.1. The van der Waals surface area contributed by atoms with Crippen LogP contribution in [-0.2, 0) is 11.2 Å². The minimum Gasteiger partial charge on any atom is -0.497 e. The lowest BCUT2D eigenvalue weighted by Gasteiger charge is -2.31. The molecule has 4 rings (SSSR count). The molecule has 0 bridgehead atoms. The Morgan fingerprint density at radius 1 is 1.12 bits per heavy atom. The van der Waals surface area contributed by atoms with E-state index in [1.54, 1.807) is 7.11 Å². The van der Waals surface area contributed by atoms with Crippen LogP contribution in [-0.4, -0.2) is 47.1 Å². The Hall–Kier alpha value is -3.26. The second-order valence-corrected chi connectivity index (χ2v) is 9.30. The van der Waals surface area contributed by atoms with Crippen LogP contribution >= 0.6 is 11.3 Å². The summed E-state index contributed by atoms with van der Waals surface area (Å²) in [7, 11) is 1.64. The normalized spacial score (nSPS) is 15.8. The number of hydrogen-bond donors (Lipinski definition) is 1. The van der Waals surface area contributed by atoms with Crippen molar-refractivity contribution in [2.45, 2.75) is 38.5 Å². The van der Waals surface area contributed by atoms with Crippen LogP contribution in [0.2, 0.25) is 0 Å². The van der Waals surface area contributed by atoms with Crippen molar-refractivity contribution in [3.63, 3.8) is 0 Å². The Morgan fingerprint density at radius 3 is 2.61 bits per heavy atom. The molecule has 33 heavy (non-hydrogen) atoms. The molecule has 0 radical (unpaired) electrons. The highest BCUT2D eigenvalue weighted by Gasteiger charge is 2.28. The molecule has 2 aromatic carbocycles. The fourth-order valence-corrected chi connectivity index (χ4v) is 4.78. The molecular formula is C25H28N4O3S. The van der Waals surface area contributed by atoms with Crippen molar-refractivity contribution in [2.75, 3.05) is 25.5 Å². The van der Waals surface area contributed by atoms with Crippen molar-refractivity contribution in [1.29, 1.82) is 0 Å². The minimum absolute atomic E-state index is 0.113. The lowest BCUT2D eigenvalue weighted by Crippen LogP contribution is -2.39. The molecule has 172 valence electrons. The Balaban J connectivity index is 1.32. The highest BCUT2D eigenvalue weighted by Crippen LogP contribution is 2.30. The minimum atomic E-state index is -0.258. The van der Waals surface area contributed by atoms with E-state index in [1.807, 2.05) is 60.4 Å². The van der Waals surface area contributed by atoms with Gasteiger partial charge in [-0.2, -0.15) is 0 Å². The number of nitrogens with one attached hydrogen (secondary N) is 1. The fourth-order valence-electron chi connectivity index (χ4n) is 3.92. The molecule has 1 N–H and O–H groups in total. The third-order valence-electron chi connectivity index (χ3n) is 5.85. The quantitative estimate of drug-likeness (QED) is 0.559. The van der Waals surface area contributed by atoms with E-state index in [0.717, 1.165) is 47.0 Å². The predicted molar refractivity (Wildman–Crippen MR) is 129 cm³/mol. The molecule has 0 unspecified atom stereocenters. The van der Waals surface area contributed by atoms with Gasteiger partial charge in [0.2, 0.25) is 10.9 Å². The van der Waals surface area contributed by atoms with Gasteiger partial charge < -0.3 is 15.0 Å². The third kappa shape index (κ3) is 5.96. The van der Waals surface area contributed by atoms with Crippen LogP contribution in [0.15, 0.2) is 48.5 Å². The first kappa shape index (κ1) is 22.9. The van der Waals surface area contributed by atoms with E-state index in [0.29, 0.717) is 24.4 Å². The Bertz CT molecular complexity index is 1100. The molecule has 3 aromatic rings. The zero-order valence-corrected chi connectivity index (χ0v) is 19.7. The van der Waals surface area contributed by atoms with Gasteiger partial charge >= 0.3 is 0 Å². The summed E-state index contributed by atoms with van der Waals surface area (Å²) in [6.45, 7) is 3.38. The monoisotopic (exact) mass is 464 g/mol. The Morgan fingerprint density at radius 2 is 1.88 bits per heavy atom. The maximum Gasteiger partial charge on any atom is 0.286 e. The van der Waals surface area contributed by atoms with Gasteiger partial charge in [0.05, 0.1) is 7.11 Å². The molecule has 1 fully saturated rings. The van der Waals surface area contributed by atoms with Crippen LogP contribution in [0, 0.1) is 6.92 Å². The molecular weight excluding hydrogens is 436 g/mol. The first-order chi connectivity index (χ1) is 16.0. The molecule has 2 heterocycles. The Kier molecular flexibility index (Phi) is 7.34. The van der Waals surface area contributed by atoms with Gasteiger partial charge in [-0.3, -0.25) is 9.59 Å². The maximum atomic E-state index is 12.8. The molecule has 1 aliphatic rings. The van der Waals surface area contributed by atoms with Gasteiger partial charge in [-0.15, -0.1) is 10.2 Å². The van der Waals surface area contributed by atoms with Crippen molar-refractivity contribution in [1.82, 2.24) is 15.1 Å². The van der Waals surface area contributed by atoms with Gasteiger partial charge in [-0.1, -0.05) is 41.2 Å². The van der Waals surface area contributed by atoms with Gasteiger partial charge in [-0.05, 0) is 56.0 Å². The van der Waals surface area contributed by atoms with Crippen molar-refractivity contribution in [3.05, 3.63) is 69.7 Å². The number of ether oxygens (including phenoxy) is 1. The number of carbonyl (C=O) groups excluding carboxylic acids is 2. The number of aromatic nitrogens is 2. The standard InChI is InChI=1S/C25H28N4O3S/c1-17-5-10-20(11-6-17)26-23(31)25-28-27-24(33-25)19-4-3-15-29(16-19)22(30)14-9-18-7-12-21(32-2)13-8-18/h5-8,10-13,19H,3-4,9,14-16H2,1-2H3,(H,26,31)/t19-/m0/s1. The van der Waals surface area contributed by atoms with Gasteiger partial charge in [-0.25, -0.2) is 0 Å². The number of likely N-dealkylation sites (tertiary alicyclic amines) is 1. The molecule has 0 saturated carbocycles. The lowest BCUT2D eigenvalue weighted by atomic mass is 9.98. The average molecular weight is 465 g/mol. The molecule has 0 aliphatic carbocycles. The number of carbonyl (C=O) groups is 2. The predicted octanol–water partition coefficient (Wildman–Crippen LogP) is 4.45. The Labute approximate surface area is 197 Å². The highest BCUT2D eigenvalue weighted by atomic mass is 32.1. The number of aryl methyl sites for hydroxylation is 2. The molecule has 8 heteroatoms. The van der Waals surface area contributed by atoms with E-state index in [2.05, 4.69) is 15.5 Å². The number of rotatable bonds is 7. The molecule has 1 aromatic heterocycles. The summed E-state index contributed by atoms with van der Waals surface area (Å²) < 4.78 is 5.18. The van der Waals surface area contributed by atoms with E-state index in [-0.39, 0.29) is 17.7 Å². The number of hydrogen-bond acceptors (Lipinski definition) is 6. The molecule has 1 atom stereocenters. The summed E-state index contributed by atoms with van der Waals surface area (Å²) in [5, 5.41) is 12.4. The van der Waals surface area contributed by atoms with Gasteiger partial charge in [0.15, 0.2) is 0 Å². The van der Waals surface area contributed by atoms with E-state index in [4.69, 9.17) is 4.74 Å².